The monoisotopic (exact) mass is 336 g/mol. The van der Waals surface area contributed by atoms with E-state index in [9.17, 15) is 0 Å². The van der Waals surface area contributed by atoms with Crippen molar-refractivity contribution in [3.63, 3.8) is 0 Å². The Balaban J connectivity index is 2.13. The van der Waals surface area contributed by atoms with Gasteiger partial charge in [-0.15, -0.1) is 0 Å². The fourth-order valence-corrected chi connectivity index (χ4v) is 2.85. The number of nitrogens with one attached hydrogen (secondary N) is 1. The van der Waals surface area contributed by atoms with Crippen LogP contribution in [0.25, 0.3) is 0 Å². The van der Waals surface area contributed by atoms with E-state index in [1.807, 2.05) is 25.8 Å². The largest absolute Gasteiger partial charge is 0.379 e. The van der Waals surface area contributed by atoms with Crippen LogP contribution >= 0.6 is 15.9 Å². The first-order chi connectivity index (χ1) is 9.52. The van der Waals surface area contributed by atoms with Crippen molar-refractivity contribution < 1.29 is 0 Å². The lowest BCUT2D eigenvalue weighted by Gasteiger charge is -2.14. The lowest BCUT2D eigenvalue weighted by atomic mass is 10.2. The number of rotatable bonds is 5. The van der Waals surface area contributed by atoms with Gasteiger partial charge in [-0.3, -0.25) is 4.68 Å². The lowest BCUT2D eigenvalue weighted by molar-refractivity contribution is 0.706. The molecule has 5 heteroatoms. The number of hydrogen-bond acceptors (Lipinski definition) is 3. The molecule has 1 heterocycles. The first-order valence-corrected chi connectivity index (χ1v) is 7.53. The van der Waals surface area contributed by atoms with E-state index < -0.39 is 0 Å². The van der Waals surface area contributed by atoms with Crippen LogP contribution in [-0.4, -0.2) is 23.9 Å². The summed E-state index contributed by atoms with van der Waals surface area (Å²) < 4.78 is 3.05. The van der Waals surface area contributed by atoms with Gasteiger partial charge in [0.15, 0.2) is 0 Å². The molecule has 1 aromatic carbocycles. The minimum atomic E-state index is 0.751. The second-order valence-corrected chi connectivity index (χ2v) is 5.78. The van der Waals surface area contributed by atoms with Crippen LogP contribution in [0.2, 0.25) is 0 Å². The zero-order valence-electron chi connectivity index (χ0n) is 12.4. The Bertz CT molecular complexity index is 590. The molecular weight excluding hydrogens is 316 g/mol. The highest BCUT2D eigenvalue weighted by molar-refractivity contribution is 9.10. The molecule has 1 N–H and O–H groups in total. The Morgan fingerprint density at radius 1 is 1.35 bits per heavy atom. The summed E-state index contributed by atoms with van der Waals surface area (Å²) in [5.74, 6) is 0. The van der Waals surface area contributed by atoms with Crippen LogP contribution in [0, 0.1) is 0 Å². The topological polar surface area (TPSA) is 33.1 Å². The molecule has 20 heavy (non-hydrogen) atoms. The molecule has 0 unspecified atom stereocenters. The van der Waals surface area contributed by atoms with Crippen molar-refractivity contribution in [3.8, 4) is 0 Å². The van der Waals surface area contributed by atoms with Crippen molar-refractivity contribution in [1.29, 1.82) is 0 Å². The molecule has 2 rings (SSSR count). The van der Waals surface area contributed by atoms with E-state index in [4.69, 9.17) is 0 Å². The predicted octanol–water partition coefficient (Wildman–Crippen LogP) is 3.42. The molecule has 0 fully saturated rings. The second kappa shape index (κ2) is 6.31. The third kappa shape index (κ3) is 3.15. The first kappa shape index (κ1) is 14.9. The second-order valence-electron chi connectivity index (χ2n) is 4.98. The van der Waals surface area contributed by atoms with Crippen molar-refractivity contribution in [2.45, 2.75) is 19.9 Å². The Labute approximate surface area is 128 Å². The van der Waals surface area contributed by atoms with Gasteiger partial charge in [-0.05, 0) is 40.5 Å². The zero-order valence-corrected chi connectivity index (χ0v) is 14.0. The molecule has 0 aliphatic rings. The average Bonchev–Trinajstić information content (AvgIpc) is 2.71. The molecule has 2 aromatic rings. The Kier molecular flexibility index (Phi) is 4.70. The van der Waals surface area contributed by atoms with E-state index in [2.05, 4.69) is 62.4 Å². The minimum Gasteiger partial charge on any atom is -0.379 e. The average molecular weight is 337 g/mol. The van der Waals surface area contributed by atoms with Gasteiger partial charge in [-0.25, -0.2) is 0 Å². The van der Waals surface area contributed by atoms with Crippen LogP contribution < -0.4 is 10.2 Å². The highest BCUT2D eigenvalue weighted by Crippen LogP contribution is 2.23. The van der Waals surface area contributed by atoms with Gasteiger partial charge in [0.05, 0.1) is 22.4 Å². The van der Waals surface area contributed by atoms with E-state index in [0.717, 1.165) is 34.5 Å². The molecule has 108 valence electrons. The van der Waals surface area contributed by atoms with Crippen molar-refractivity contribution in [2.24, 2.45) is 7.05 Å². The molecule has 0 saturated carbocycles. The van der Waals surface area contributed by atoms with Gasteiger partial charge < -0.3 is 10.2 Å². The number of aromatic nitrogens is 2. The Morgan fingerprint density at radius 2 is 2.10 bits per heavy atom. The summed E-state index contributed by atoms with van der Waals surface area (Å²) in [6.07, 6.45) is 0.935. The number of aryl methyl sites for hydroxylation is 2. The standard InChI is InChI=1S/C15H21BrN4/c1-5-13-15(16)14(20(4)18-13)10-17-11-7-6-8-12(9-11)19(2)3/h6-9,17H,5,10H2,1-4H3. The van der Waals surface area contributed by atoms with Crippen LogP contribution in [0.5, 0.6) is 0 Å². The predicted molar refractivity (Wildman–Crippen MR) is 88.4 cm³/mol. The number of halogens is 1. The van der Waals surface area contributed by atoms with E-state index in [-0.39, 0.29) is 0 Å². The summed E-state index contributed by atoms with van der Waals surface area (Å²) in [7, 11) is 6.08. The maximum absolute atomic E-state index is 4.51. The summed E-state index contributed by atoms with van der Waals surface area (Å²) in [6, 6.07) is 8.39. The third-order valence-corrected chi connectivity index (χ3v) is 4.24. The SMILES string of the molecule is CCc1nn(C)c(CNc2cccc(N(C)C)c2)c1Br. The summed E-state index contributed by atoms with van der Waals surface area (Å²) in [5.41, 5.74) is 4.57. The molecule has 1 aromatic heterocycles. The molecule has 0 aliphatic carbocycles. The van der Waals surface area contributed by atoms with Crippen molar-refractivity contribution in [1.82, 2.24) is 9.78 Å². The van der Waals surface area contributed by atoms with E-state index in [0.29, 0.717) is 0 Å². The van der Waals surface area contributed by atoms with Gasteiger partial charge >= 0.3 is 0 Å². The van der Waals surface area contributed by atoms with Crippen LogP contribution in [0.15, 0.2) is 28.7 Å². The van der Waals surface area contributed by atoms with Gasteiger partial charge in [0.25, 0.3) is 0 Å². The summed E-state index contributed by atoms with van der Waals surface area (Å²) in [4.78, 5) is 2.10. The first-order valence-electron chi connectivity index (χ1n) is 6.74. The molecule has 0 radical (unpaired) electrons. The Morgan fingerprint density at radius 3 is 2.70 bits per heavy atom. The van der Waals surface area contributed by atoms with Crippen LogP contribution in [-0.2, 0) is 20.0 Å². The minimum absolute atomic E-state index is 0.751. The van der Waals surface area contributed by atoms with Crippen LogP contribution in [0.1, 0.15) is 18.3 Å². The van der Waals surface area contributed by atoms with Gasteiger partial charge in [-0.2, -0.15) is 5.10 Å². The summed E-state index contributed by atoms with van der Waals surface area (Å²) in [6.45, 7) is 2.87. The van der Waals surface area contributed by atoms with Gasteiger partial charge in [0, 0.05) is 32.5 Å². The number of benzene rings is 1. The van der Waals surface area contributed by atoms with Crippen molar-refractivity contribution >= 4 is 27.3 Å². The number of hydrogen-bond donors (Lipinski definition) is 1. The van der Waals surface area contributed by atoms with Crippen LogP contribution in [0.3, 0.4) is 0 Å². The Hall–Kier alpha value is -1.49. The van der Waals surface area contributed by atoms with Crippen molar-refractivity contribution in [3.05, 3.63) is 40.1 Å². The fraction of sp³-hybridized carbons (Fsp3) is 0.400. The van der Waals surface area contributed by atoms with Gasteiger partial charge in [-0.1, -0.05) is 13.0 Å². The molecule has 0 atom stereocenters. The molecule has 4 nitrogen and oxygen atoms in total. The van der Waals surface area contributed by atoms with Gasteiger partial charge in [0.2, 0.25) is 0 Å². The van der Waals surface area contributed by atoms with Crippen molar-refractivity contribution in [2.75, 3.05) is 24.3 Å². The highest BCUT2D eigenvalue weighted by Gasteiger charge is 2.12. The number of anilines is 2. The quantitative estimate of drug-likeness (QED) is 0.908. The third-order valence-electron chi connectivity index (χ3n) is 3.33. The number of nitrogens with zero attached hydrogens (tertiary/aromatic N) is 3. The van der Waals surface area contributed by atoms with E-state index in [1.165, 1.54) is 5.69 Å². The maximum Gasteiger partial charge on any atom is 0.0767 e. The normalized spacial score (nSPS) is 10.7. The smallest absolute Gasteiger partial charge is 0.0767 e. The van der Waals surface area contributed by atoms with Crippen LogP contribution in [0.4, 0.5) is 11.4 Å². The molecule has 0 saturated heterocycles. The molecule has 0 amide bonds. The zero-order chi connectivity index (χ0) is 14.7. The molecular formula is C15H21BrN4. The molecule has 0 spiro atoms. The molecule has 0 bridgehead atoms. The van der Waals surface area contributed by atoms with E-state index in [1.54, 1.807) is 0 Å². The summed E-state index contributed by atoms with van der Waals surface area (Å²) >= 11 is 3.64. The maximum atomic E-state index is 4.51. The lowest BCUT2D eigenvalue weighted by Crippen LogP contribution is -2.10. The van der Waals surface area contributed by atoms with E-state index >= 15 is 0 Å². The fourth-order valence-electron chi connectivity index (χ4n) is 2.09. The highest BCUT2D eigenvalue weighted by atomic mass is 79.9. The molecule has 0 aliphatic heterocycles. The summed E-state index contributed by atoms with van der Waals surface area (Å²) in [5, 5.41) is 7.97. The van der Waals surface area contributed by atoms with Gasteiger partial charge in [0.1, 0.15) is 0 Å².